The van der Waals surface area contributed by atoms with Gasteiger partial charge >= 0.3 is 17.9 Å². The first-order valence-corrected chi connectivity index (χ1v) is 4.28. The van der Waals surface area contributed by atoms with Gasteiger partial charge in [-0.1, -0.05) is 6.92 Å². The Hall–Kier alpha value is -2.04. The van der Waals surface area contributed by atoms with E-state index in [0.717, 1.165) is 0 Å². The van der Waals surface area contributed by atoms with Crippen LogP contribution in [0, 0.1) is 0 Å². The molecule has 0 aliphatic carbocycles. The molecule has 106 valence electrons. The molecule has 0 aromatic heterocycles. The molecule has 18 heavy (non-hydrogen) atoms. The van der Waals surface area contributed by atoms with Crippen LogP contribution in [0.25, 0.3) is 0 Å². The van der Waals surface area contributed by atoms with E-state index < -0.39 is 35.8 Å². The molecule has 0 fully saturated rings. The maximum absolute atomic E-state index is 10.8. The third-order valence-electron chi connectivity index (χ3n) is 1.70. The third-order valence-corrected chi connectivity index (χ3v) is 1.70. The van der Waals surface area contributed by atoms with Crippen LogP contribution < -0.4 is 11.9 Å². The number of carboxylic acid groups (broad SMARTS) is 3. The lowest BCUT2D eigenvalue weighted by molar-refractivity contribution is -0.164. The van der Waals surface area contributed by atoms with Gasteiger partial charge in [0.05, 0.1) is 6.54 Å². The lowest BCUT2D eigenvalue weighted by Crippen LogP contribution is -2.48. The Balaban J connectivity index is -0.000000277. The maximum atomic E-state index is 10.8. The van der Waals surface area contributed by atoms with Crippen molar-refractivity contribution in [2.45, 2.75) is 18.9 Å². The second-order valence-corrected chi connectivity index (χ2v) is 2.76. The minimum Gasteiger partial charge on any atom is -0.479 e. The largest absolute Gasteiger partial charge is 0.479 e. The quantitative estimate of drug-likeness (QED) is 0.245. The summed E-state index contributed by atoms with van der Waals surface area (Å²) in [6.45, 7) is 0.943. The molecule has 0 heterocycles. The van der Waals surface area contributed by atoms with Crippen molar-refractivity contribution in [2.75, 3.05) is 6.54 Å². The summed E-state index contributed by atoms with van der Waals surface area (Å²) in [4.78, 5) is 39.3. The number of carbonyl (C=O) groups is 4. The fourth-order valence-electron chi connectivity index (χ4n) is 0.637. The highest BCUT2D eigenvalue weighted by atomic mass is 16.4. The smallest absolute Gasteiger partial charge is 0.414 e. The second kappa shape index (κ2) is 9.04. The van der Waals surface area contributed by atoms with E-state index in [1.807, 2.05) is 0 Å². The number of hydrogen-bond donors (Lipinski definition) is 6. The Morgan fingerprint density at radius 3 is 1.44 bits per heavy atom. The van der Waals surface area contributed by atoms with Crippen molar-refractivity contribution in [3.05, 3.63) is 0 Å². The number of rotatable bonds is 4. The van der Waals surface area contributed by atoms with Crippen LogP contribution in [-0.4, -0.2) is 56.3 Å². The molecule has 0 saturated carbocycles. The van der Waals surface area contributed by atoms with Gasteiger partial charge in [0.1, 0.15) is 0 Å². The third kappa shape index (κ3) is 6.52. The summed E-state index contributed by atoms with van der Waals surface area (Å²) in [7, 11) is 0. The molecule has 0 aromatic carbocycles. The minimum atomic E-state index is -2.30. The number of Topliss-reactive ketones (excluding diaryl/α,β-unsaturated/α-hetero) is 1. The van der Waals surface area contributed by atoms with Gasteiger partial charge in [-0.05, 0) is 6.42 Å². The van der Waals surface area contributed by atoms with Crippen LogP contribution in [0.15, 0.2) is 0 Å². The summed E-state index contributed by atoms with van der Waals surface area (Å²) in [6.07, 6.45) is -0.168. The molecule has 0 aromatic rings. The molecule has 0 amide bonds. The first kappa shape index (κ1) is 21.3. The van der Waals surface area contributed by atoms with Crippen LogP contribution in [0.2, 0.25) is 0 Å². The van der Waals surface area contributed by atoms with Crippen LogP contribution in [0.5, 0.6) is 0 Å². The van der Waals surface area contributed by atoms with Crippen molar-refractivity contribution in [1.29, 1.82) is 0 Å². The topological polar surface area (TPSA) is 210 Å². The normalized spacial score (nSPS) is 11.9. The van der Waals surface area contributed by atoms with Crippen LogP contribution >= 0.6 is 0 Å². The van der Waals surface area contributed by atoms with E-state index in [9.17, 15) is 9.59 Å². The fraction of sp³-hybridized carbons (Fsp3) is 0.500. The molecule has 0 saturated heterocycles. The highest BCUT2D eigenvalue weighted by molar-refractivity contribution is 6.27. The number of nitrogens with two attached hydrogens (primary N) is 1. The number of aliphatic hydroxyl groups is 1. The number of ketones is 1. The predicted molar refractivity (Wildman–Crippen MR) is 57.2 cm³/mol. The second-order valence-electron chi connectivity index (χ2n) is 2.76. The Morgan fingerprint density at radius 1 is 1.06 bits per heavy atom. The molecule has 9 N–H and O–H groups in total. The van der Waals surface area contributed by atoms with E-state index in [0.29, 0.717) is 0 Å². The zero-order valence-electron chi connectivity index (χ0n) is 9.62. The van der Waals surface area contributed by atoms with Crippen molar-refractivity contribution in [2.24, 2.45) is 5.73 Å². The van der Waals surface area contributed by atoms with E-state index in [1.165, 1.54) is 6.92 Å². The standard InChI is InChI=1S/C6H11NO4.C2H2O4.H3N/c1-2-6(11,5(9)10)4(8)3-7;3-1(4)2(5)6;/h11H,2-3,7H2,1H3,(H,9,10);(H,3,4)(H,5,6);1H3. The maximum Gasteiger partial charge on any atom is 0.414 e. The van der Waals surface area contributed by atoms with Gasteiger partial charge in [-0.3, -0.25) is 4.79 Å². The molecular weight excluding hydrogens is 252 g/mol. The highest BCUT2D eigenvalue weighted by Gasteiger charge is 2.40. The van der Waals surface area contributed by atoms with Crippen LogP contribution in [0.4, 0.5) is 0 Å². The number of aliphatic carboxylic acids is 3. The molecule has 0 rings (SSSR count). The molecule has 0 bridgehead atoms. The van der Waals surface area contributed by atoms with E-state index >= 15 is 0 Å². The van der Waals surface area contributed by atoms with E-state index in [-0.39, 0.29) is 12.6 Å². The number of carboxylic acids is 3. The summed E-state index contributed by atoms with van der Waals surface area (Å²) < 4.78 is 0. The molecule has 0 aliphatic rings. The average Bonchev–Trinajstić information content (AvgIpc) is 2.27. The summed E-state index contributed by atoms with van der Waals surface area (Å²) in [6, 6.07) is 0. The molecule has 1 unspecified atom stereocenters. The van der Waals surface area contributed by atoms with Crippen LogP contribution in [0.3, 0.4) is 0 Å². The molecule has 10 heteroatoms. The lowest BCUT2D eigenvalue weighted by Gasteiger charge is -2.18. The lowest BCUT2D eigenvalue weighted by atomic mass is 9.95. The van der Waals surface area contributed by atoms with Crippen molar-refractivity contribution >= 4 is 23.7 Å². The molecular formula is C8H16N2O8. The molecule has 0 radical (unpaired) electrons. The Bertz CT molecular complexity index is 317. The Labute approximate surface area is 102 Å². The monoisotopic (exact) mass is 268 g/mol. The van der Waals surface area contributed by atoms with Gasteiger partial charge in [0.15, 0.2) is 5.78 Å². The molecule has 0 aliphatic heterocycles. The average molecular weight is 268 g/mol. The summed E-state index contributed by atoms with van der Waals surface area (Å²) >= 11 is 0. The van der Waals surface area contributed by atoms with Gasteiger partial charge in [-0.2, -0.15) is 0 Å². The van der Waals surface area contributed by atoms with E-state index in [1.54, 1.807) is 0 Å². The summed E-state index contributed by atoms with van der Waals surface area (Å²) in [5.74, 6) is -6.06. The van der Waals surface area contributed by atoms with Crippen molar-refractivity contribution < 1.29 is 39.6 Å². The first-order valence-electron chi connectivity index (χ1n) is 4.28. The van der Waals surface area contributed by atoms with E-state index in [4.69, 9.17) is 35.7 Å². The van der Waals surface area contributed by atoms with Crippen LogP contribution in [-0.2, 0) is 19.2 Å². The molecule has 0 spiro atoms. The van der Waals surface area contributed by atoms with Crippen LogP contribution in [0.1, 0.15) is 13.3 Å². The first-order chi connectivity index (χ1) is 7.63. The number of hydrogen-bond acceptors (Lipinski definition) is 7. The van der Waals surface area contributed by atoms with Gasteiger partial charge in [0.2, 0.25) is 5.60 Å². The van der Waals surface area contributed by atoms with Crippen molar-refractivity contribution in [3.8, 4) is 0 Å². The van der Waals surface area contributed by atoms with Gasteiger partial charge < -0.3 is 32.3 Å². The zero-order valence-corrected chi connectivity index (χ0v) is 9.62. The van der Waals surface area contributed by atoms with Crippen molar-refractivity contribution in [1.82, 2.24) is 6.15 Å². The van der Waals surface area contributed by atoms with E-state index in [2.05, 4.69) is 0 Å². The zero-order chi connectivity index (χ0) is 14.2. The minimum absolute atomic E-state index is 0. The summed E-state index contributed by atoms with van der Waals surface area (Å²) in [5, 5.41) is 32.3. The number of carbonyl (C=O) groups excluding carboxylic acids is 1. The highest BCUT2D eigenvalue weighted by Crippen LogP contribution is 2.10. The Kier molecular flexibility index (Phi) is 10.7. The van der Waals surface area contributed by atoms with Gasteiger partial charge in [0.25, 0.3) is 0 Å². The van der Waals surface area contributed by atoms with Crippen molar-refractivity contribution in [3.63, 3.8) is 0 Å². The van der Waals surface area contributed by atoms with Gasteiger partial charge in [0, 0.05) is 0 Å². The molecule has 10 nitrogen and oxygen atoms in total. The Morgan fingerprint density at radius 2 is 1.39 bits per heavy atom. The fourth-order valence-corrected chi connectivity index (χ4v) is 0.637. The predicted octanol–water partition coefficient (Wildman–Crippen LogP) is -1.94. The SMILES string of the molecule is CCC(O)(C(=O)O)C(=O)CN.N.O=C(O)C(=O)O. The summed E-state index contributed by atoms with van der Waals surface area (Å²) in [5.41, 5.74) is 2.60. The van der Waals surface area contributed by atoms with Gasteiger partial charge in [-0.25, -0.2) is 14.4 Å². The van der Waals surface area contributed by atoms with Gasteiger partial charge in [-0.15, -0.1) is 0 Å². The molecule has 1 atom stereocenters.